The number of aliphatic carboxylic acids is 1. The third kappa shape index (κ3) is 4.01. The highest BCUT2D eigenvalue weighted by Gasteiger charge is 2.14. The van der Waals surface area contributed by atoms with Crippen LogP contribution >= 0.6 is 11.3 Å². The molecule has 0 aliphatic rings. The van der Waals surface area contributed by atoms with Crippen LogP contribution in [0.4, 0.5) is 0 Å². The Kier molecular flexibility index (Phi) is 4.29. The second-order valence-corrected chi connectivity index (χ2v) is 5.31. The standard InChI is InChI=1S/C11H17NO2S/c1-7(6-11(13)14)5-9(12)10-4-3-8(2)15-10/h3-4,7,9H,5-6,12H2,1-2H3,(H,13,14). The first-order valence-corrected chi connectivity index (χ1v) is 5.84. The Hall–Kier alpha value is -0.870. The molecule has 0 bridgehead atoms. The predicted octanol–water partition coefficient (Wildman–Crippen LogP) is 2.56. The average Bonchev–Trinajstić information content (AvgIpc) is 2.49. The Morgan fingerprint density at radius 3 is 2.73 bits per heavy atom. The molecule has 0 radical (unpaired) electrons. The van der Waals surface area contributed by atoms with Crippen LogP contribution in [-0.2, 0) is 4.79 Å². The summed E-state index contributed by atoms with van der Waals surface area (Å²) in [7, 11) is 0. The number of nitrogens with two attached hydrogens (primary N) is 1. The Morgan fingerprint density at radius 1 is 1.60 bits per heavy atom. The van der Waals surface area contributed by atoms with Gasteiger partial charge in [0.2, 0.25) is 0 Å². The molecule has 0 saturated carbocycles. The van der Waals surface area contributed by atoms with E-state index in [1.165, 1.54) is 4.88 Å². The highest BCUT2D eigenvalue weighted by Crippen LogP contribution is 2.26. The molecular weight excluding hydrogens is 210 g/mol. The zero-order chi connectivity index (χ0) is 11.4. The Labute approximate surface area is 93.9 Å². The van der Waals surface area contributed by atoms with Crippen LogP contribution in [0.3, 0.4) is 0 Å². The number of aryl methyl sites for hydroxylation is 1. The van der Waals surface area contributed by atoms with Gasteiger partial charge in [-0.15, -0.1) is 11.3 Å². The molecule has 15 heavy (non-hydrogen) atoms. The van der Waals surface area contributed by atoms with Crippen molar-refractivity contribution in [2.45, 2.75) is 32.7 Å². The van der Waals surface area contributed by atoms with Gasteiger partial charge < -0.3 is 10.8 Å². The van der Waals surface area contributed by atoms with Crippen molar-refractivity contribution in [1.29, 1.82) is 0 Å². The molecule has 0 aliphatic heterocycles. The average molecular weight is 227 g/mol. The second-order valence-electron chi connectivity index (χ2n) is 3.99. The number of carboxylic acids is 1. The van der Waals surface area contributed by atoms with Crippen molar-refractivity contribution in [2.75, 3.05) is 0 Å². The number of hydrogen-bond donors (Lipinski definition) is 2. The summed E-state index contributed by atoms with van der Waals surface area (Å²) in [4.78, 5) is 12.9. The molecule has 1 heterocycles. The van der Waals surface area contributed by atoms with Crippen LogP contribution in [-0.4, -0.2) is 11.1 Å². The van der Waals surface area contributed by atoms with Gasteiger partial charge in [0.15, 0.2) is 0 Å². The minimum absolute atomic E-state index is 0.0296. The van der Waals surface area contributed by atoms with E-state index >= 15 is 0 Å². The molecule has 0 amide bonds. The van der Waals surface area contributed by atoms with Crippen LogP contribution in [0, 0.1) is 12.8 Å². The largest absolute Gasteiger partial charge is 0.481 e. The molecular formula is C11H17NO2S. The lowest BCUT2D eigenvalue weighted by molar-refractivity contribution is -0.138. The Morgan fingerprint density at radius 2 is 2.27 bits per heavy atom. The van der Waals surface area contributed by atoms with Gasteiger partial charge in [0.05, 0.1) is 0 Å². The van der Waals surface area contributed by atoms with E-state index in [0.29, 0.717) is 0 Å². The molecule has 4 heteroatoms. The molecule has 0 spiro atoms. The molecule has 3 nitrogen and oxygen atoms in total. The summed E-state index contributed by atoms with van der Waals surface area (Å²) in [6.07, 6.45) is 0.921. The first-order valence-electron chi connectivity index (χ1n) is 5.02. The molecule has 0 saturated heterocycles. The van der Waals surface area contributed by atoms with Gasteiger partial charge in [0, 0.05) is 22.2 Å². The quantitative estimate of drug-likeness (QED) is 0.812. The van der Waals surface area contributed by atoms with Crippen LogP contribution < -0.4 is 5.73 Å². The molecule has 0 aliphatic carbocycles. The van der Waals surface area contributed by atoms with E-state index in [9.17, 15) is 4.79 Å². The van der Waals surface area contributed by atoms with E-state index in [1.807, 2.05) is 26.0 Å². The highest BCUT2D eigenvalue weighted by atomic mass is 32.1. The maximum Gasteiger partial charge on any atom is 0.303 e. The van der Waals surface area contributed by atoms with Crippen molar-refractivity contribution in [2.24, 2.45) is 11.7 Å². The number of rotatable bonds is 5. The van der Waals surface area contributed by atoms with Crippen LogP contribution in [0.15, 0.2) is 12.1 Å². The molecule has 1 rings (SSSR count). The molecule has 1 aromatic rings. The zero-order valence-corrected chi connectivity index (χ0v) is 9.88. The van der Waals surface area contributed by atoms with Crippen molar-refractivity contribution in [3.05, 3.63) is 21.9 Å². The smallest absolute Gasteiger partial charge is 0.303 e. The first kappa shape index (κ1) is 12.2. The monoisotopic (exact) mass is 227 g/mol. The fourth-order valence-corrected chi connectivity index (χ4v) is 2.48. The van der Waals surface area contributed by atoms with Crippen molar-refractivity contribution in [3.63, 3.8) is 0 Å². The molecule has 3 N–H and O–H groups in total. The summed E-state index contributed by atoms with van der Waals surface area (Å²) in [5.74, 6) is -0.628. The summed E-state index contributed by atoms with van der Waals surface area (Å²) in [6, 6.07) is 4.04. The summed E-state index contributed by atoms with van der Waals surface area (Å²) < 4.78 is 0. The molecule has 1 aromatic heterocycles. The van der Waals surface area contributed by atoms with Crippen LogP contribution in [0.1, 0.15) is 35.6 Å². The normalized spacial score (nSPS) is 14.9. The lowest BCUT2D eigenvalue weighted by Crippen LogP contribution is -2.15. The maximum absolute atomic E-state index is 10.5. The summed E-state index contributed by atoms with van der Waals surface area (Å²) in [6.45, 7) is 3.97. The maximum atomic E-state index is 10.5. The van der Waals surface area contributed by atoms with Crippen molar-refractivity contribution >= 4 is 17.3 Å². The van der Waals surface area contributed by atoms with Crippen LogP contribution in [0.2, 0.25) is 0 Å². The fraction of sp³-hybridized carbons (Fsp3) is 0.545. The molecule has 2 unspecified atom stereocenters. The highest BCUT2D eigenvalue weighted by molar-refractivity contribution is 7.12. The summed E-state index contributed by atoms with van der Waals surface area (Å²) in [5, 5.41) is 8.63. The van der Waals surface area contributed by atoms with E-state index in [1.54, 1.807) is 11.3 Å². The van der Waals surface area contributed by atoms with Gasteiger partial charge in [0.1, 0.15) is 0 Å². The molecule has 0 aromatic carbocycles. The first-order chi connectivity index (χ1) is 6.99. The SMILES string of the molecule is Cc1ccc(C(N)CC(C)CC(=O)O)s1. The Balaban J connectivity index is 2.48. The van der Waals surface area contributed by atoms with Gasteiger partial charge in [-0.3, -0.25) is 4.79 Å². The number of thiophene rings is 1. The lowest BCUT2D eigenvalue weighted by atomic mass is 9.98. The third-order valence-electron chi connectivity index (χ3n) is 2.31. The van der Waals surface area contributed by atoms with Crippen LogP contribution in [0.5, 0.6) is 0 Å². The summed E-state index contributed by atoms with van der Waals surface area (Å²) >= 11 is 1.68. The Bertz CT molecular complexity index is 335. The van der Waals surface area contributed by atoms with Gasteiger partial charge in [-0.2, -0.15) is 0 Å². The van der Waals surface area contributed by atoms with Gasteiger partial charge in [0.25, 0.3) is 0 Å². The van der Waals surface area contributed by atoms with Gasteiger partial charge in [-0.05, 0) is 31.4 Å². The number of carbonyl (C=O) groups is 1. The zero-order valence-electron chi connectivity index (χ0n) is 9.06. The van der Waals surface area contributed by atoms with E-state index < -0.39 is 5.97 Å². The molecule has 84 valence electrons. The van der Waals surface area contributed by atoms with Crippen molar-refractivity contribution < 1.29 is 9.90 Å². The van der Waals surface area contributed by atoms with E-state index in [0.717, 1.165) is 11.3 Å². The topological polar surface area (TPSA) is 63.3 Å². The molecule has 0 fully saturated rings. The van der Waals surface area contributed by atoms with Gasteiger partial charge in [-0.25, -0.2) is 0 Å². The van der Waals surface area contributed by atoms with Crippen molar-refractivity contribution in [3.8, 4) is 0 Å². The van der Waals surface area contributed by atoms with Gasteiger partial charge >= 0.3 is 5.97 Å². The number of carboxylic acid groups (broad SMARTS) is 1. The molecule has 2 atom stereocenters. The minimum Gasteiger partial charge on any atom is -0.481 e. The van der Waals surface area contributed by atoms with E-state index in [2.05, 4.69) is 0 Å². The van der Waals surface area contributed by atoms with Gasteiger partial charge in [-0.1, -0.05) is 6.92 Å². The number of hydrogen-bond acceptors (Lipinski definition) is 3. The summed E-state index contributed by atoms with van der Waals surface area (Å²) in [5.41, 5.74) is 6.00. The third-order valence-corrected chi connectivity index (χ3v) is 3.44. The fourth-order valence-electron chi connectivity index (χ4n) is 1.58. The minimum atomic E-state index is -0.753. The second kappa shape index (κ2) is 5.28. The lowest BCUT2D eigenvalue weighted by Gasteiger charge is -2.14. The van der Waals surface area contributed by atoms with E-state index in [4.69, 9.17) is 10.8 Å². The van der Waals surface area contributed by atoms with Crippen molar-refractivity contribution in [1.82, 2.24) is 0 Å². The predicted molar refractivity (Wildman–Crippen MR) is 62.0 cm³/mol. The van der Waals surface area contributed by atoms with E-state index in [-0.39, 0.29) is 18.4 Å². The van der Waals surface area contributed by atoms with Crippen LogP contribution in [0.25, 0.3) is 0 Å².